The molecule has 6 heteroatoms. The van der Waals surface area contributed by atoms with Gasteiger partial charge in [-0.25, -0.2) is 4.98 Å². The summed E-state index contributed by atoms with van der Waals surface area (Å²) in [7, 11) is 0. The van der Waals surface area contributed by atoms with E-state index >= 15 is 0 Å². The summed E-state index contributed by atoms with van der Waals surface area (Å²) in [4.78, 5) is 23.2. The third-order valence-corrected chi connectivity index (χ3v) is 7.25. The molecule has 148 valence electrons. The number of rotatable bonds is 6. The van der Waals surface area contributed by atoms with Gasteiger partial charge in [0.1, 0.15) is 10.7 Å². The zero-order valence-electron chi connectivity index (χ0n) is 16.5. The van der Waals surface area contributed by atoms with Gasteiger partial charge in [-0.2, -0.15) is 0 Å². The molecule has 0 saturated heterocycles. The molecule has 0 atom stereocenters. The van der Waals surface area contributed by atoms with Crippen molar-refractivity contribution >= 4 is 33.2 Å². The van der Waals surface area contributed by atoms with Crippen LogP contribution in [-0.2, 0) is 25.9 Å². The van der Waals surface area contributed by atoms with Crippen molar-refractivity contribution in [2.24, 2.45) is 0 Å². The van der Waals surface area contributed by atoms with Crippen molar-refractivity contribution in [3.05, 3.63) is 61.5 Å². The van der Waals surface area contributed by atoms with Gasteiger partial charge in [-0.15, -0.1) is 11.3 Å². The molecular weight excluding hydrogens is 390 g/mol. The Bertz CT molecular complexity index is 1050. The maximum Gasteiger partial charge on any atom is 0.262 e. The molecule has 0 aliphatic heterocycles. The lowest BCUT2D eigenvalue weighted by Gasteiger charge is -2.21. The number of aryl methyl sites for hydroxylation is 2. The largest absolute Gasteiger partial charge is 0.297 e. The van der Waals surface area contributed by atoms with Crippen molar-refractivity contribution in [3.63, 3.8) is 0 Å². The summed E-state index contributed by atoms with van der Waals surface area (Å²) < 4.78 is 1.85. The van der Waals surface area contributed by atoms with Gasteiger partial charge in [0, 0.05) is 9.90 Å². The van der Waals surface area contributed by atoms with Gasteiger partial charge in [-0.1, -0.05) is 43.6 Å². The van der Waals surface area contributed by atoms with Crippen LogP contribution in [0.2, 0.25) is 5.02 Å². The highest BCUT2D eigenvalue weighted by molar-refractivity contribution is 7.18. The van der Waals surface area contributed by atoms with Crippen molar-refractivity contribution in [1.82, 2.24) is 14.5 Å². The van der Waals surface area contributed by atoms with Crippen LogP contribution < -0.4 is 5.56 Å². The van der Waals surface area contributed by atoms with E-state index in [4.69, 9.17) is 16.6 Å². The predicted molar refractivity (Wildman–Crippen MR) is 118 cm³/mol. The first-order chi connectivity index (χ1) is 13.6. The van der Waals surface area contributed by atoms with E-state index in [0.717, 1.165) is 54.0 Å². The van der Waals surface area contributed by atoms with Gasteiger partial charge >= 0.3 is 0 Å². The van der Waals surface area contributed by atoms with Gasteiger partial charge in [0.25, 0.3) is 5.56 Å². The number of nitrogens with zero attached hydrogens (tertiary/aromatic N) is 3. The molecule has 0 saturated carbocycles. The zero-order valence-corrected chi connectivity index (χ0v) is 18.1. The topological polar surface area (TPSA) is 38.1 Å². The van der Waals surface area contributed by atoms with Crippen LogP contribution in [0.3, 0.4) is 0 Å². The SMILES string of the molecule is CCN(CC)Cc1nc2sc3c(c2c(=O)n1Cc1ccccc1Cl)CCCC3. The molecule has 0 radical (unpaired) electrons. The summed E-state index contributed by atoms with van der Waals surface area (Å²) in [5, 5.41) is 1.53. The maximum atomic E-state index is 13.6. The van der Waals surface area contributed by atoms with Crippen molar-refractivity contribution in [3.8, 4) is 0 Å². The van der Waals surface area contributed by atoms with E-state index < -0.39 is 0 Å². The van der Waals surface area contributed by atoms with Crippen LogP contribution in [0.15, 0.2) is 29.1 Å². The lowest BCUT2D eigenvalue weighted by Crippen LogP contribution is -2.31. The number of fused-ring (bicyclic) bond motifs is 3. The third-order valence-electron chi connectivity index (χ3n) is 5.70. The minimum atomic E-state index is 0.0893. The summed E-state index contributed by atoms with van der Waals surface area (Å²) in [5.41, 5.74) is 2.29. The van der Waals surface area contributed by atoms with Crippen LogP contribution in [0.5, 0.6) is 0 Å². The highest BCUT2D eigenvalue weighted by Crippen LogP contribution is 2.34. The van der Waals surface area contributed by atoms with Gasteiger partial charge in [-0.05, 0) is 56.0 Å². The number of thiophene rings is 1. The smallest absolute Gasteiger partial charge is 0.262 e. The Balaban J connectivity index is 1.89. The van der Waals surface area contributed by atoms with Gasteiger partial charge in [0.2, 0.25) is 0 Å². The van der Waals surface area contributed by atoms with Crippen LogP contribution >= 0.6 is 22.9 Å². The first-order valence-electron chi connectivity index (χ1n) is 10.1. The minimum absolute atomic E-state index is 0.0893. The average Bonchev–Trinajstić information content (AvgIpc) is 3.08. The molecule has 28 heavy (non-hydrogen) atoms. The summed E-state index contributed by atoms with van der Waals surface area (Å²) in [6.07, 6.45) is 4.43. The first kappa shape index (κ1) is 19.6. The van der Waals surface area contributed by atoms with Crippen LogP contribution in [0, 0.1) is 0 Å². The molecule has 4 rings (SSSR count). The Kier molecular flexibility index (Phi) is 5.85. The predicted octanol–water partition coefficient (Wildman–Crippen LogP) is 4.88. The van der Waals surface area contributed by atoms with E-state index in [9.17, 15) is 4.79 Å². The van der Waals surface area contributed by atoms with Crippen molar-refractivity contribution in [2.45, 2.75) is 52.6 Å². The van der Waals surface area contributed by atoms with Crippen LogP contribution in [0.25, 0.3) is 10.2 Å². The fourth-order valence-electron chi connectivity index (χ4n) is 4.01. The van der Waals surface area contributed by atoms with Gasteiger partial charge in [0.05, 0.1) is 18.5 Å². The fourth-order valence-corrected chi connectivity index (χ4v) is 5.47. The molecule has 1 aliphatic carbocycles. The molecular formula is C22H26ClN3OS. The van der Waals surface area contributed by atoms with E-state index in [1.807, 2.05) is 28.8 Å². The van der Waals surface area contributed by atoms with E-state index in [0.29, 0.717) is 18.1 Å². The number of halogens is 1. The molecule has 0 unspecified atom stereocenters. The molecule has 2 heterocycles. The fraction of sp³-hybridized carbons (Fsp3) is 0.455. The molecule has 1 aromatic carbocycles. The van der Waals surface area contributed by atoms with E-state index in [1.165, 1.54) is 16.9 Å². The van der Waals surface area contributed by atoms with Crippen molar-refractivity contribution in [2.75, 3.05) is 13.1 Å². The van der Waals surface area contributed by atoms with E-state index in [-0.39, 0.29) is 5.56 Å². The molecule has 0 N–H and O–H groups in total. The summed E-state index contributed by atoms with van der Waals surface area (Å²) in [6, 6.07) is 7.75. The van der Waals surface area contributed by atoms with Crippen LogP contribution in [0.1, 0.15) is 48.5 Å². The average molecular weight is 416 g/mol. The molecule has 1 aliphatic rings. The molecule has 2 aromatic heterocycles. The van der Waals surface area contributed by atoms with Crippen molar-refractivity contribution < 1.29 is 0 Å². The first-order valence-corrected chi connectivity index (χ1v) is 11.3. The summed E-state index contributed by atoms with van der Waals surface area (Å²) in [5.74, 6) is 0.833. The van der Waals surface area contributed by atoms with Gasteiger partial charge < -0.3 is 0 Å². The van der Waals surface area contributed by atoms with Crippen molar-refractivity contribution in [1.29, 1.82) is 0 Å². The summed E-state index contributed by atoms with van der Waals surface area (Å²) >= 11 is 8.13. The van der Waals surface area contributed by atoms with Gasteiger partial charge in [-0.3, -0.25) is 14.3 Å². The Morgan fingerprint density at radius 1 is 1.18 bits per heavy atom. The van der Waals surface area contributed by atoms with Crippen LogP contribution in [0.4, 0.5) is 0 Å². The second kappa shape index (κ2) is 8.36. The Morgan fingerprint density at radius 2 is 1.93 bits per heavy atom. The maximum absolute atomic E-state index is 13.6. The monoisotopic (exact) mass is 415 g/mol. The lowest BCUT2D eigenvalue weighted by molar-refractivity contribution is 0.282. The second-order valence-electron chi connectivity index (χ2n) is 7.36. The molecule has 0 bridgehead atoms. The second-order valence-corrected chi connectivity index (χ2v) is 8.85. The highest BCUT2D eigenvalue weighted by atomic mass is 35.5. The number of aromatic nitrogens is 2. The minimum Gasteiger partial charge on any atom is -0.297 e. The molecule has 4 nitrogen and oxygen atoms in total. The molecule has 3 aromatic rings. The molecule has 0 amide bonds. The number of benzene rings is 1. The Morgan fingerprint density at radius 3 is 2.68 bits per heavy atom. The molecule has 0 fully saturated rings. The van der Waals surface area contributed by atoms with E-state index in [2.05, 4.69) is 18.7 Å². The third kappa shape index (κ3) is 3.63. The standard InChI is InChI=1S/C22H26ClN3OS/c1-3-25(4-2)14-19-24-21-20(16-10-6-8-12-18(16)28-21)22(27)26(19)13-15-9-5-7-11-17(15)23/h5,7,9,11H,3-4,6,8,10,12-14H2,1-2H3. The zero-order chi connectivity index (χ0) is 19.7. The van der Waals surface area contributed by atoms with Crippen LogP contribution in [-0.4, -0.2) is 27.5 Å². The number of hydrogen-bond donors (Lipinski definition) is 0. The molecule has 0 spiro atoms. The normalized spacial score (nSPS) is 14.0. The Hall–Kier alpha value is -1.69. The van der Waals surface area contributed by atoms with E-state index in [1.54, 1.807) is 11.3 Å². The lowest BCUT2D eigenvalue weighted by atomic mass is 9.97. The quantitative estimate of drug-likeness (QED) is 0.575. The number of hydrogen-bond acceptors (Lipinski definition) is 4. The highest BCUT2D eigenvalue weighted by Gasteiger charge is 2.23. The van der Waals surface area contributed by atoms with Gasteiger partial charge in [0.15, 0.2) is 0 Å². The Labute approximate surface area is 174 Å². The summed E-state index contributed by atoms with van der Waals surface area (Å²) in [6.45, 7) is 7.27.